The van der Waals surface area contributed by atoms with Crippen LogP contribution in [0.2, 0.25) is 0 Å². The van der Waals surface area contributed by atoms with Crippen LogP contribution in [0.5, 0.6) is 0 Å². The molecule has 2 amide bonds. The van der Waals surface area contributed by atoms with E-state index >= 15 is 0 Å². The average Bonchev–Trinajstić information content (AvgIpc) is 2.93. The number of hydrogen-bond donors (Lipinski definition) is 2. The normalized spacial score (nSPS) is 29.7. The Morgan fingerprint density at radius 3 is 1.02 bits per heavy atom. The molecular formula is C28H40N2O16S2. The van der Waals surface area contributed by atoms with Crippen LogP contribution < -0.4 is 10.6 Å². The summed E-state index contributed by atoms with van der Waals surface area (Å²) in [6.45, 7) is 8.24. The second-order valence-electron chi connectivity index (χ2n) is 10.6. The predicted molar refractivity (Wildman–Crippen MR) is 163 cm³/mol. The summed E-state index contributed by atoms with van der Waals surface area (Å²) in [5, 5.41) is 5.29. The molecular weight excluding hydrogens is 684 g/mol. The molecule has 0 aromatic carbocycles. The standard InChI is InChI=1S/C28H40N2O16S2/c1-11(31)29-21-25(43-17(7)37)23(41-15(5)35)19(9-39-13(3)33)45-27(21)47-48-28-22(30-12(2)32)26(44-18(8)38)24(42-16(6)36)20(46-28)10-40-14(4)34/h19-28H,9-10H2,1-8H3,(H,29,31)(H,30,32)/t19-,20-,21-,22-,23+,24+,25-,26-,27-,28-/m1/s1. The van der Waals surface area contributed by atoms with Crippen molar-refractivity contribution in [2.24, 2.45) is 0 Å². The fourth-order valence-corrected chi connectivity index (χ4v) is 7.78. The Morgan fingerprint density at radius 1 is 0.479 bits per heavy atom. The van der Waals surface area contributed by atoms with Crippen LogP contribution in [0.4, 0.5) is 0 Å². The van der Waals surface area contributed by atoms with Crippen molar-refractivity contribution in [2.45, 2.75) is 115 Å². The Kier molecular flexibility index (Phi) is 15.9. The van der Waals surface area contributed by atoms with Gasteiger partial charge in [0.05, 0.1) is 0 Å². The summed E-state index contributed by atoms with van der Waals surface area (Å²) in [6.07, 6.45) is -7.70. The van der Waals surface area contributed by atoms with Gasteiger partial charge in [-0.05, 0) is 0 Å². The monoisotopic (exact) mass is 724 g/mol. The smallest absolute Gasteiger partial charge is 0.303 e. The Bertz CT molecular complexity index is 1140. The fourth-order valence-electron chi connectivity index (χ4n) is 4.86. The van der Waals surface area contributed by atoms with Crippen LogP contribution in [0.25, 0.3) is 0 Å². The summed E-state index contributed by atoms with van der Waals surface area (Å²) < 4.78 is 44.4. The highest BCUT2D eigenvalue weighted by Gasteiger charge is 2.54. The lowest BCUT2D eigenvalue weighted by molar-refractivity contribution is -0.212. The quantitative estimate of drug-likeness (QED) is 0.141. The van der Waals surface area contributed by atoms with Gasteiger partial charge in [-0.2, -0.15) is 0 Å². The Hall–Kier alpha value is -3.62. The third-order valence-electron chi connectivity index (χ3n) is 6.39. The summed E-state index contributed by atoms with van der Waals surface area (Å²) in [4.78, 5) is 96.5. The van der Waals surface area contributed by atoms with Gasteiger partial charge in [0.2, 0.25) is 11.8 Å². The van der Waals surface area contributed by atoms with Crippen LogP contribution in [0, 0.1) is 0 Å². The number of esters is 6. The van der Waals surface area contributed by atoms with E-state index in [9.17, 15) is 38.4 Å². The Balaban J connectivity index is 2.57. The number of rotatable bonds is 13. The van der Waals surface area contributed by atoms with E-state index < -0.39 is 120 Å². The molecule has 2 saturated heterocycles. The lowest BCUT2D eigenvalue weighted by Gasteiger charge is -2.46. The number of hydrogen-bond acceptors (Lipinski definition) is 18. The van der Waals surface area contributed by atoms with Crippen LogP contribution in [-0.4, -0.2) is 120 Å². The molecule has 0 spiro atoms. The fraction of sp³-hybridized carbons (Fsp3) is 0.714. The largest absolute Gasteiger partial charge is 0.463 e. The predicted octanol–water partition coefficient (Wildman–Crippen LogP) is -0.320. The number of ether oxygens (including phenoxy) is 8. The van der Waals surface area contributed by atoms with Crippen molar-refractivity contribution in [1.82, 2.24) is 10.6 Å². The molecule has 0 bridgehead atoms. The van der Waals surface area contributed by atoms with E-state index in [4.69, 9.17) is 37.9 Å². The topological polar surface area (TPSA) is 234 Å². The zero-order chi connectivity index (χ0) is 36.3. The molecule has 2 aliphatic heterocycles. The first-order chi connectivity index (χ1) is 22.4. The maximum absolute atomic E-state index is 12.3. The van der Waals surface area contributed by atoms with Gasteiger partial charge in [-0.3, -0.25) is 38.4 Å². The summed E-state index contributed by atoms with van der Waals surface area (Å²) in [6, 6.07) is -2.33. The highest BCUT2D eigenvalue weighted by molar-refractivity contribution is 8.77. The van der Waals surface area contributed by atoms with E-state index in [2.05, 4.69) is 10.6 Å². The van der Waals surface area contributed by atoms with Crippen LogP contribution in [0.3, 0.4) is 0 Å². The minimum absolute atomic E-state index is 0.433. The van der Waals surface area contributed by atoms with Gasteiger partial charge in [0.25, 0.3) is 0 Å². The summed E-state index contributed by atoms with van der Waals surface area (Å²) in [7, 11) is 1.82. The molecule has 2 N–H and O–H groups in total. The van der Waals surface area contributed by atoms with Gasteiger partial charge in [-0.25, -0.2) is 0 Å². The number of carbonyl (C=O) groups excluding carboxylic acids is 8. The van der Waals surface area contributed by atoms with Crippen molar-refractivity contribution in [3.8, 4) is 0 Å². The van der Waals surface area contributed by atoms with Gasteiger partial charge in [-0.1, -0.05) is 21.6 Å². The van der Waals surface area contributed by atoms with Crippen molar-refractivity contribution in [1.29, 1.82) is 0 Å². The molecule has 0 aromatic heterocycles. The zero-order valence-corrected chi connectivity index (χ0v) is 29.2. The van der Waals surface area contributed by atoms with E-state index in [0.29, 0.717) is 0 Å². The van der Waals surface area contributed by atoms with Crippen LogP contribution in [-0.2, 0) is 76.3 Å². The summed E-state index contributed by atoms with van der Waals surface area (Å²) in [5.41, 5.74) is -2.27. The van der Waals surface area contributed by atoms with Crippen molar-refractivity contribution in [2.75, 3.05) is 13.2 Å². The summed E-state index contributed by atoms with van der Waals surface area (Å²) >= 11 is 0. The maximum atomic E-state index is 12.3. The van der Waals surface area contributed by atoms with E-state index in [1.165, 1.54) is 13.8 Å². The molecule has 48 heavy (non-hydrogen) atoms. The molecule has 0 aliphatic carbocycles. The van der Waals surface area contributed by atoms with Crippen molar-refractivity contribution >= 4 is 69.2 Å². The van der Waals surface area contributed by atoms with E-state index in [0.717, 1.165) is 63.1 Å². The van der Waals surface area contributed by atoms with Crippen LogP contribution in [0.15, 0.2) is 0 Å². The van der Waals surface area contributed by atoms with Gasteiger partial charge in [0, 0.05) is 55.4 Å². The summed E-state index contributed by atoms with van der Waals surface area (Å²) in [5.74, 6) is -5.62. The third kappa shape index (κ3) is 12.8. The lowest BCUT2D eigenvalue weighted by Crippen LogP contribution is -2.66. The molecule has 10 atom stereocenters. The molecule has 2 heterocycles. The van der Waals surface area contributed by atoms with Crippen molar-refractivity contribution in [3.05, 3.63) is 0 Å². The van der Waals surface area contributed by atoms with Gasteiger partial charge >= 0.3 is 35.8 Å². The lowest BCUT2D eigenvalue weighted by atomic mass is 9.97. The van der Waals surface area contributed by atoms with Crippen molar-refractivity contribution in [3.63, 3.8) is 0 Å². The third-order valence-corrected chi connectivity index (χ3v) is 9.16. The highest BCUT2D eigenvalue weighted by atomic mass is 33.1. The molecule has 20 heteroatoms. The van der Waals surface area contributed by atoms with Gasteiger partial charge in [-0.15, -0.1) is 0 Å². The first-order valence-corrected chi connectivity index (χ1v) is 16.8. The Labute approximate surface area is 284 Å². The van der Waals surface area contributed by atoms with Crippen LogP contribution >= 0.6 is 21.6 Å². The second kappa shape index (κ2) is 18.8. The van der Waals surface area contributed by atoms with Gasteiger partial charge in [0.1, 0.15) is 48.4 Å². The average molecular weight is 725 g/mol. The zero-order valence-electron chi connectivity index (χ0n) is 27.5. The van der Waals surface area contributed by atoms with E-state index in [1.54, 1.807) is 0 Å². The number of carbonyl (C=O) groups is 8. The first-order valence-electron chi connectivity index (χ1n) is 14.5. The molecule has 270 valence electrons. The highest BCUT2D eigenvalue weighted by Crippen LogP contribution is 2.44. The van der Waals surface area contributed by atoms with Crippen molar-refractivity contribution < 1.29 is 76.3 Å². The molecule has 18 nitrogen and oxygen atoms in total. The maximum Gasteiger partial charge on any atom is 0.303 e. The minimum Gasteiger partial charge on any atom is -0.463 e. The van der Waals surface area contributed by atoms with E-state index in [-0.39, 0.29) is 0 Å². The molecule has 0 aromatic rings. The molecule has 0 radical (unpaired) electrons. The second-order valence-corrected chi connectivity index (χ2v) is 13.1. The molecule has 0 saturated carbocycles. The first kappa shape index (κ1) is 40.6. The number of nitrogens with one attached hydrogen (secondary N) is 2. The number of amides is 2. The van der Waals surface area contributed by atoms with Gasteiger partial charge in [0.15, 0.2) is 24.4 Å². The molecule has 2 fully saturated rings. The van der Waals surface area contributed by atoms with Gasteiger partial charge < -0.3 is 48.5 Å². The molecule has 2 rings (SSSR count). The molecule has 0 unspecified atom stereocenters. The minimum atomic E-state index is -1.33. The molecule has 2 aliphatic rings. The van der Waals surface area contributed by atoms with Crippen LogP contribution in [0.1, 0.15) is 55.4 Å². The SMILES string of the molecule is CC(=O)N[C@@H]1[C@@H](OC(C)=O)[C@@H](OC(C)=O)[C@@H](COC(C)=O)O[C@@H]1SS[C@H]1O[C@H](COC(C)=O)[C@H](OC(C)=O)[C@H](OC(C)=O)[C@H]1NC(C)=O. The Morgan fingerprint density at radius 2 is 0.771 bits per heavy atom. The van der Waals surface area contributed by atoms with E-state index in [1.807, 2.05) is 0 Å².